The lowest BCUT2D eigenvalue weighted by Crippen LogP contribution is -2.14. The van der Waals surface area contributed by atoms with Gasteiger partial charge in [0.2, 0.25) is 5.91 Å². The number of hydrogen-bond acceptors (Lipinski definition) is 5. The predicted molar refractivity (Wildman–Crippen MR) is 107 cm³/mol. The van der Waals surface area contributed by atoms with Gasteiger partial charge in [0, 0.05) is 16.2 Å². The molecule has 0 aliphatic heterocycles. The predicted octanol–water partition coefficient (Wildman–Crippen LogP) is 4.84. The maximum absolute atomic E-state index is 12.3. The molecule has 26 heavy (non-hydrogen) atoms. The van der Waals surface area contributed by atoms with E-state index in [1.54, 1.807) is 11.8 Å². The van der Waals surface area contributed by atoms with Crippen LogP contribution in [-0.2, 0) is 22.4 Å². The van der Waals surface area contributed by atoms with Crippen molar-refractivity contribution in [3.8, 4) is 0 Å². The van der Waals surface area contributed by atoms with Gasteiger partial charge in [0.25, 0.3) is 0 Å². The molecule has 1 N–H and O–H groups in total. The second kappa shape index (κ2) is 8.73. The van der Waals surface area contributed by atoms with Crippen molar-refractivity contribution in [3.63, 3.8) is 0 Å². The Morgan fingerprint density at radius 1 is 1.23 bits per heavy atom. The Labute approximate surface area is 162 Å². The zero-order valence-electron chi connectivity index (χ0n) is 15.1. The molecule has 3 rings (SSSR count). The first-order valence-corrected chi connectivity index (χ1v) is 10.6. The minimum absolute atomic E-state index is 0.0421. The van der Waals surface area contributed by atoms with Gasteiger partial charge in [0.05, 0.1) is 12.7 Å². The van der Waals surface area contributed by atoms with E-state index in [0.717, 1.165) is 37.0 Å². The molecule has 0 saturated carbocycles. The van der Waals surface area contributed by atoms with E-state index in [4.69, 9.17) is 4.74 Å². The standard InChI is InChI=1S/C20H23NO3S2/c1-13-8-10-14(11-9-13)25-12-4-7-17(22)21-19-18(20(23)24-2)15-5-3-6-16(15)26-19/h8-11H,3-7,12H2,1-2H3,(H,21,22). The molecule has 0 radical (unpaired) electrons. The summed E-state index contributed by atoms with van der Waals surface area (Å²) in [5.74, 6) is 0.496. The molecule has 1 heterocycles. The summed E-state index contributed by atoms with van der Waals surface area (Å²) in [5, 5.41) is 3.58. The molecule has 1 aliphatic rings. The number of rotatable bonds is 7. The number of amides is 1. The molecular formula is C20H23NO3S2. The Kier molecular flexibility index (Phi) is 6.38. The fraction of sp³-hybridized carbons (Fsp3) is 0.400. The Bertz CT molecular complexity index is 796. The van der Waals surface area contributed by atoms with Gasteiger partial charge in [-0.25, -0.2) is 4.79 Å². The number of methoxy groups -OCH3 is 1. The number of benzene rings is 1. The van der Waals surface area contributed by atoms with E-state index in [-0.39, 0.29) is 11.9 Å². The monoisotopic (exact) mass is 389 g/mol. The van der Waals surface area contributed by atoms with Gasteiger partial charge in [0.15, 0.2) is 0 Å². The second-order valence-corrected chi connectivity index (χ2v) is 8.64. The topological polar surface area (TPSA) is 55.4 Å². The average Bonchev–Trinajstić information content (AvgIpc) is 3.20. The molecule has 0 atom stereocenters. The molecule has 0 bridgehead atoms. The van der Waals surface area contributed by atoms with Gasteiger partial charge in [0.1, 0.15) is 5.00 Å². The van der Waals surface area contributed by atoms with Gasteiger partial charge in [-0.2, -0.15) is 0 Å². The summed E-state index contributed by atoms with van der Waals surface area (Å²) in [6.07, 6.45) is 4.17. The number of nitrogens with one attached hydrogen (secondary N) is 1. The van der Waals surface area contributed by atoms with Gasteiger partial charge >= 0.3 is 5.97 Å². The number of carbonyl (C=O) groups excluding carboxylic acids is 2. The molecule has 0 fully saturated rings. The first-order valence-electron chi connectivity index (χ1n) is 8.80. The van der Waals surface area contributed by atoms with E-state index in [9.17, 15) is 9.59 Å². The first kappa shape index (κ1) is 19.0. The largest absolute Gasteiger partial charge is 0.465 e. The molecule has 1 aliphatic carbocycles. The van der Waals surface area contributed by atoms with Crippen molar-refractivity contribution in [3.05, 3.63) is 45.8 Å². The van der Waals surface area contributed by atoms with Crippen LogP contribution in [0.4, 0.5) is 5.00 Å². The summed E-state index contributed by atoms with van der Waals surface area (Å²) in [6.45, 7) is 2.07. The van der Waals surface area contributed by atoms with E-state index >= 15 is 0 Å². The quantitative estimate of drug-likeness (QED) is 0.418. The minimum Gasteiger partial charge on any atom is -0.465 e. The van der Waals surface area contributed by atoms with Gasteiger partial charge in [-0.1, -0.05) is 17.7 Å². The van der Waals surface area contributed by atoms with E-state index in [0.29, 0.717) is 17.0 Å². The highest BCUT2D eigenvalue weighted by atomic mass is 32.2. The zero-order valence-corrected chi connectivity index (χ0v) is 16.7. The third-order valence-electron chi connectivity index (χ3n) is 4.40. The summed E-state index contributed by atoms with van der Waals surface area (Å²) < 4.78 is 4.91. The number of aryl methyl sites for hydroxylation is 2. The van der Waals surface area contributed by atoms with Crippen molar-refractivity contribution in [2.75, 3.05) is 18.2 Å². The van der Waals surface area contributed by atoms with Crippen LogP contribution in [0.1, 0.15) is 45.6 Å². The average molecular weight is 390 g/mol. The number of thioether (sulfide) groups is 1. The summed E-state index contributed by atoms with van der Waals surface area (Å²) in [6, 6.07) is 8.41. The van der Waals surface area contributed by atoms with E-state index in [2.05, 4.69) is 36.5 Å². The zero-order chi connectivity index (χ0) is 18.5. The smallest absolute Gasteiger partial charge is 0.341 e. The van der Waals surface area contributed by atoms with Crippen LogP contribution < -0.4 is 5.32 Å². The molecule has 1 aromatic heterocycles. The van der Waals surface area contributed by atoms with Crippen molar-refractivity contribution >= 4 is 40.0 Å². The van der Waals surface area contributed by atoms with Gasteiger partial charge < -0.3 is 10.1 Å². The molecule has 138 valence electrons. The fourth-order valence-electron chi connectivity index (χ4n) is 3.06. The highest BCUT2D eigenvalue weighted by Gasteiger charge is 2.27. The van der Waals surface area contributed by atoms with Gasteiger partial charge in [-0.15, -0.1) is 23.1 Å². The lowest BCUT2D eigenvalue weighted by molar-refractivity contribution is -0.116. The third-order valence-corrected chi connectivity index (χ3v) is 6.71. The van der Waals surface area contributed by atoms with E-state index in [1.807, 2.05) is 0 Å². The summed E-state index contributed by atoms with van der Waals surface area (Å²) in [5.41, 5.74) is 2.87. The van der Waals surface area contributed by atoms with Crippen molar-refractivity contribution in [2.24, 2.45) is 0 Å². The molecule has 0 spiro atoms. The Morgan fingerprint density at radius 3 is 2.73 bits per heavy atom. The SMILES string of the molecule is COC(=O)c1c(NC(=O)CCCSc2ccc(C)cc2)sc2c1CCC2. The van der Waals surface area contributed by atoms with Crippen molar-refractivity contribution in [2.45, 2.75) is 43.9 Å². The highest BCUT2D eigenvalue weighted by molar-refractivity contribution is 7.99. The summed E-state index contributed by atoms with van der Waals surface area (Å²) in [7, 11) is 1.38. The van der Waals surface area contributed by atoms with Crippen molar-refractivity contribution in [1.29, 1.82) is 0 Å². The van der Waals surface area contributed by atoms with Gasteiger partial charge in [-0.3, -0.25) is 4.79 Å². The molecule has 0 saturated heterocycles. The van der Waals surface area contributed by atoms with Crippen LogP contribution in [0.25, 0.3) is 0 Å². The Morgan fingerprint density at radius 2 is 2.00 bits per heavy atom. The first-order chi connectivity index (χ1) is 12.6. The molecule has 1 aromatic carbocycles. The van der Waals surface area contributed by atoms with Crippen molar-refractivity contribution in [1.82, 2.24) is 0 Å². The van der Waals surface area contributed by atoms with Crippen LogP contribution in [0.2, 0.25) is 0 Å². The maximum Gasteiger partial charge on any atom is 0.341 e. The van der Waals surface area contributed by atoms with E-state index in [1.165, 1.54) is 33.8 Å². The minimum atomic E-state index is -0.352. The molecule has 2 aromatic rings. The third kappa shape index (κ3) is 4.48. The summed E-state index contributed by atoms with van der Waals surface area (Å²) >= 11 is 3.28. The van der Waals surface area contributed by atoms with E-state index < -0.39 is 0 Å². The Hall–Kier alpha value is -1.79. The number of ether oxygens (including phenoxy) is 1. The van der Waals surface area contributed by atoms with Crippen LogP contribution in [-0.4, -0.2) is 24.7 Å². The lowest BCUT2D eigenvalue weighted by atomic mass is 10.1. The maximum atomic E-state index is 12.3. The molecule has 1 amide bonds. The van der Waals surface area contributed by atoms with Gasteiger partial charge in [-0.05, 0) is 56.1 Å². The van der Waals surface area contributed by atoms with Crippen LogP contribution in [0.5, 0.6) is 0 Å². The molecule has 6 heteroatoms. The Balaban J connectivity index is 1.52. The molecule has 0 unspecified atom stereocenters. The number of esters is 1. The number of anilines is 1. The number of carbonyl (C=O) groups is 2. The summed E-state index contributed by atoms with van der Waals surface area (Å²) in [4.78, 5) is 26.8. The number of thiophene rings is 1. The van der Waals surface area contributed by atoms with Crippen LogP contribution in [0.3, 0.4) is 0 Å². The van der Waals surface area contributed by atoms with Crippen LogP contribution in [0, 0.1) is 6.92 Å². The lowest BCUT2D eigenvalue weighted by Gasteiger charge is -2.07. The molecular weight excluding hydrogens is 366 g/mol. The van der Waals surface area contributed by atoms with Crippen molar-refractivity contribution < 1.29 is 14.3 Å². The van der Waals surface area contributed by atoms with Crippen LogP contribution in [0.15, 0.2) is 29.2 Å². The number of hydrogen-bond donors (Lipinski definition) is 1. The molecule has 4 nitrogen and oxygen atoms in total. The normalized spacial score (nSPS) is 12.7. The second-order valence-electron chi connectivity index (χ2n) is 6.37. The highest BCUT2D eigenvalue weighted by Crippen LogP contribution is 2.39. The fourth-order valence-corrected chi connectivity index (χ4v) is 5.20. The number of fused-ring (bicyclic) bond motifs is 1. The van der Waals surface area contributed by atoms with Crippen LogP contribution >= 0.6 is 23.1 Å².